The van der Waals surface area contributed by atoms with Crippen molar-refractivity contribution in [3.8, 4) is 0 Å². The zero-order valence-corrected chi connectivity index (χ0v) is 60.8. The minimum absolute atomic E-state index is 0. The quantitative estimate of drug-likeness (QED) is 0.0125. The number of aliphatic imine (C=N–C) groups is 4. The fourth-order valence-corrected chi connectivity index (χ4v) is 19.6. The van der Waals surface area contributed by atoms with Crippen LogP contribution in [0, 0.1) is 0 Å². The second kappa shape index (κ2) is 30.5. The van der Waals surface area contributed by atoms with E-state index in [4.69, 9.17) is 34.3 Å². The van der Waals surface area contributed by atoms with Crippen molar-refractivity contribution in [1.29, 1.82) is 0 Å². The molecule has 14 rings (SSSR count). The molecule has 4 aliphatic rings. The Labute approximate surface area is 586 Å². The van der Waals surface area contributed by atoms with Gasteiger partial charge in [-0.2, -0.15) is 0 Å². The molecular formula is C72H74GaN9O13S4-3. The van der Waals surface area contributed by atoms with Crippen LogP contribution in [0.1, 0.15) is 159 Å². The molecule has 4 aliphatic heterocycles. The molecule has 1 radical (unpaired) electrons. The van der Waals surface area contributed by atoms with E-state index < -0.39 is 62.9 Å². The van der Waals surface area contributed by atoms with E-state index in [1.54, 1.807) is 60.7 Å². The summed E-state index contributed by atoms with van der Waals surface area (Å²) in [7, 11) is -15.0. The van der Waals surface area contributed by atoms with Crippen LogP contribution in [-0.4, -0.2) is 112 Å². The third-order valence-corrected chi connectivity index (χ3v) is 25.2. The predicted octanol–water partition coefficient (Wildman–Crippen LogP) is 11.2. The summed E-state index contributed by atoms with van der Waals surface area (Å²) in [5, 5.41) is 19.1. The van der Waals surface area contributed by atoms with Crippen molar-refractivity contribution in [3.63, 3.8) is 0 Å². The summed E-state index contributed by atoms with van der Waals surface area (Å²) in [5.74, 6) is 1.07. The first-order valence-electron chi connectivity index (χ1n) is 33.7. The summed E-state index contributed by atoms with van der Waals surface area (Å²) in [6, 6.07) is 31.7. The fourth-order valence-electron chi connectivity index (χ4n) is 14.0. The van der Waals surface area contributed by atoms with Crippen molar-refractivity contribution in [3.05, 3.63) is 155 Å². The Morgan fingerprint density at radius 2 is 0.758 bits per heavy atom. The van der Waals surface area contributed by atoms with Gasteiger partial charge >= 0.3 is 424 Å². The zero-order chi connectivity index (χ0) is 68.5. The molecule has 0 unspecified atom stereocenters. The monoisotopic (exact) mass is 1470 g/mol. The average Bonchev–Trinajstić information content (AvgIpc) is 1.56. The van der Waals surface area contributed by atoms with Crippen molar-refractivity contribution >= 4 is 160 Å². The van der Waals surface area contributed by atoms with E-state index in [1.165, 1.54) is 178 Å². The van der Waals surface area contributed by atoms with Gasteiger partial charge in [-0.15, -0.1) is 0 Å². The Morgan fingerprint density at radius 3 is 1.21 bits per heavy atom. The number of quaternary nitrogens is 1. The molecule has 0 saturated carbocycles. The normalized spacial score (nSPS) is 13.9. The van der Waals surface area contributed by atoms with Crippen LogP contribution in [0.15, 0.2) is 171 Å². The van der Waals surface area contributed by atoms with Gasteiger partial charge in [0.25, 0.3) is 0 Å². The van der Waals surface area contributed by atoms with Crippen molar-refractivity contribution < 1.29 is 63.9 Å². The first kappa shape index (κ1) is 71.5. The molecule has 99 heavy (non-hydrogen) atoms. The van der Waals surface area contributed by atoms with Gasteiger partial charge in [-0.05, 0) is 38.5 Å². The number of hydrogen-bond donors (Lipinski definition) is 1. The van der Waals surface area contributed by atoms with Gasteiger partial charge in [-0.3, -0.25) is 0 Å². The molecule has 0 atom stereocenters. The van der Waals surface area contributed by atoms with Gasteiger partial charge in [0, 0.05) is 0 Å². The second-order valence-electron chi connectivity index (χ2n) is 25.5. The molecule has 0 fully saturated rings. The van der Waals surface area contributed by atoms with Gasteiger partial charge in [-0.1, -0.05) is 97.8 Å². The molecule has 515 valence electrons. The van der Waals surface area contributed by atoms with Gasteiger partial charge in [0.1, 0.15) is 0 Å². The fraction of sp³-hybridized carbons (Fsp3) is 0.333. The standard InChI is InChI=1S/C48H24N8O12S4.C24H51N.Ga.H2O/c57-67-68-69-37-9-1-5-21-13-29-33(17-25(21)37)45-49-41(29)51-46-35-19-27-23(7-3-11-39(27)71(61,62)63)15-31(35)43(53-46)55-48-36-20-28-24(8-4-12-40(28)72(64,65)66)16-32(36)44(56-48)54-47-34-18-26-22(14-30(34)42(50-45)52-47)6-2-10-38(26)70(58,59)60;1-4-7-10-13-16-19-22-25(23-20-17-14-11-8-5-2)24-21-18-15-12-9-6-3;;/h1-20H,(H4-2,49,50,51,52,53,54,55,56,57,58,59,60,61,62,63,64,65,66);4-24H2,1-3H3;;1H2/q-2;;+2;/p-3. The molecule has 0 amide bonds. The summed E-state index contributed by atoms with van der Waals surface area (Å²) in [5.41, 5.74) is 2.28. The molecule has 8 aromatic carbocycles. The molecule has 0 aliphatic carbocycles. The number of aromatic nitrogens is 2. The molecule has 2 aromatic heterocycles. The van der Waals surface area contributed by atoms with Gasteiger partial charge in [0.2, 0.25) is 0 Å². The van der Waals surface area contributed by atoms with Crippen LogP contribution < -0.4 is 21.1 Å². The number of fused-ring (bicyclic) bond motifs is 18. The molecule has 0 saturated heterocycles. The third-order valence-electron chi connectivity index (χ3n) is 18.9. The average molecular weight is 1470 g/mol. The number of benzene rings is 8. The van der Waals surface area contributed by atoms with Gasteiger partial charge in [-0.25, -0.2) is 0 Å². The number of hydrogen-bond acceptors (Lipinski definition) is 19. The van der Waals surface area contributed by atoms with Crippen LogP contribution in [0.3, 0.4) is 0 Å². The molecular weight excluding hydrogens is 1400 g/mol. The number of nitrogens with one attached hydrogen (secondary N) is 1. The first-order chi connectivity index (χ1) is 47.3. The van der Waals surface area contributed by atoms with E-state index in [2.05, 4.69) is 25.8 Å². The summed E-state index contributed by atoms with van der Waals surface area (Å²) in [6.45, 7) is 11.3. The van der Waals surface area contributed by atoms with Crippen LogP contribution in [0.4, 0.5) is 11.6 Å². The van der Waals surface area contributed by atoms with Gasteiger partial charge in [0.15, 0.2) is 0 Å². The van der Waals surface area contributed by atoms with Crippen molar-refractivity contribution in [2.45, 2.75) is 156 Å². The number of nitrogens with zero attached hydrogens (tertiary/aromatic N) is 8. The van der Waals surface area contributed by atoms with Gasteiger partial charge < -0.3 is 10.4 Å². The molecule has 3 N–H and O–H groups in total. The molecule has 10 aromatic rings. The van der Waals surface area contributed by atoms with Gasteiger partial charge in [0.05, 0.1) is 19.6 Å². The zero-order valence-electron chi connectivity index (χ0n) is 55.1. The van der Waals surface area contributed by atoms with E-state index in [-0.39, 0.29) is 62.1 Å². The maximum atomic E-state index is 12.8. The van der Waals surface area contributed by atoms with Crippen LogP contribution in [0.2, 0.25) is 0 Å². The van der Waals surface area contributed by atoms with E-state index in [9.17, 15) is 44.2 Å². The van der Waals surface area contributed by atoms with E-state index in [0.29, 0.717) is 93.2 Å². The SMILES string of the molecule is CCCCCCCC[NH+](CCCCCCCC)CCCCCCCC.O.O=S(=O)([O-])c1cccc2cc3c(cc12)C1=Nc2c4cc5cccc(S(=O)(=O)[O-])c5cc4c4[n]2[Ga][n]2c(c5cc6cccc(S(=O)(=O)[O-])c6cc5c2=NC3=N1)=NC1=NC(=N4)c2cc3cccc(SOO[O-])c3cc21. The number of unbranched alkanes of at least 4 members (excludes halogenated alkanes) is 15. The van der Waals surface area contributed by atoms with Crippen LogP contribution >= 0.6 is 12.0 Å². The molecule has 27 heteroatoms. The maximum absolute atomic E-state index is 12.8. The Morgan fingerprint density at radius 1 is 0.404 bits per heavy atom. The molecule has 22 nitrogen and oxygen atoms in total. The van der Waals surface area contributed by atoms with E-state index >= 15 is 0 Å². The van der Waals surface area contributed by atoms with Crippen molar-refractivity contribution in [2.75, 3.05) is 19.6 Å². The summed E-state index contributed by atoms with van der Waals surface area (Å²) >= 11 is -1.74. The predicted molar refractivity (Wildman–Crippen MR) is 382 cm³/mol. The molecule has 6 bridgehead atoms. The second-order valence-corrected chi connectivity index (χ2v) is 32.9. The molecule has 6 heterocycles. The summed E-state index contributed by atoms with van der Waals surface area (Å²) in [4.78, 5) is 32.1. The Balaban J connectivity index is 0.000000307. The minimum atomic E-state index is -5.02. The van der Waals surface area contributed by atoms with Crippen molar-refractivity contribution in [1.82, 2.24) is 6.55 Å². The Bertz CT molecular complexity index is 5430. The van der Waals surface area contributed by atoms with Crippen LogP contribution in [0.25, 0.3) is 64.6 Å². The van der Waals surface area contributed by atoms with E-state index in [0.717, 1.165) is 0 Å². The topological polar surface area (TPSA) is 333 Å². The summed E-state index contributed by atoms with van der Waals surface area (Å²) in [6.07, 6.45) is 26.0. The Hall–Kier alpha value is -7.32. The first-order valence-corrected chi connectivity index (χ1v) is 40.8. The third kappa shape index (κ3) is 14.9. The molecule has 0 spiro atoms. The number of amidine groups is 4. The summed E-state index contributed by atoms with van der Waals surface area (Å²) < 4.78 is 124. The van der Waals surface area contributed by atoms with E-state index in [1.807, 2.05) is 29.6 Å². The number of rotatable bonds is 27. The van der Waals surface area contributed by atoms with Crippen LogP contribution in [-0.2, 0) is 39.7 Å². The van der Waals surface area contributed by atoms with Crippen molar-refractivity contribution in [2.24, 2.45) is 30.0 Å². The Kier molecular flexibility index (Phi) is 22.0. The van der Waals surface area contributed by atoms with Crippen LogP contribution in [0.5, 0.6) is 0 Å².